The molecule has 6 nitrogen and oxygen atoms in total. The summed E-state index contributed by atoms with van der Waals surface area (Å²) in [5.74, 6) is 0. The molecule has 0 atom stereocenters. The van der Waals surface area contributed by atoms with E-state index < -0.39 is 10.1 Å². The fourth-order valence-electron chi connectivity index (χ4n) is 2.36. The van der Waals surface area contributed by atoms with E-state index in [9.17, 15) is 8.42 Å². The van der Waals surface area contributed by atoms with Gasteiger partial charge in [0, 0.05) is 31.1 Å². The Hall–Kier alpha value is -2.09. The van der Waals surface area contributed by atoms with Gasteiger partial charge in [-0.3, -0.25) is 4.55 Å². The summed E-state index contributed by atoms with van der Waals surface area (Å²) in [5, 5.41) is 8.81. The highest BCUT2D eigenvalue weighted by atomic mass is 32.2. The van der Waals surface area contributed by atoms with Crippen LogP contribution >= 0.6 is 0 Å². The van der Waals surface area contributed by atoms with E-state index in [-0.39, 0.29) is 11.5 Å². The molecule has 144 valence electrons. The van der Waals surface area contributed by atoms with Gasteiger partial charge in [0.2, 0.25) is 0 Å². The summed E-state index contributed by atoms with van der Waals surface area (Å²) in [5.41, 5.74) is 9.69. The van der Waals surface area contributed by atoms with Crippen LogP contribution in [0.1, 0.15) is 24.5 Å². The van der Waals surface area contributed by atoms with E-state index in [1.807, 2.05) is 19.1 Å². The Balaban J connectivity index is 0.000000273. The average molecular weight is 381 g/mol. The predicted molar refractivity (Wildman–Crippen MR) is 106 cm³/mol. The summed E-state index contributed by atoms with van der Waals surface area (Å²) >= 11 is 0. The second kappa shape index (κ2) is 10.2. The maximum atomic E-state index is 10.5. The van der Waals surface area contributed by atoms with Gasteiger partial charge in [-0.2, -0.15) is 8.42 Å². The standard InChI is InChI=1S/C12H20N2O.C7H8O3S/c1-3-14(7-4-8-15)11-5-6-12(13)10(2)9-11;1-6-3-2-4-7(5-6)11(8,9)10/h5-6,9,15H,3-4,7-8,13H2,1-2H3;2-5H,1H3,(H,8,9,10). The maximum Gasteiger partial charge on any atom is 0.294 e. The Morgan fingerprint density at radius 2 is 1.81 bits per heavy atom. The van der Waals surface area contributed by atoms with E-state index in [1.54, 1.807) is 19.1 Å². The topological polar surface area (TPSA) is 104 Å². The number of hydrogen-bond acceptors (Lipinski definition) is 5. The van der Waals surface area contributed by atoms with E-state index in [2.05, 4.69) is 17.9 Å². The number of rotatable bonds is 6. The van der Waals surface area contributed by atoms with Crippen LogP contribution in [-0.2, 0) is 10.1 Å². The lowest BCUT2D eigenvalue weighted by Crippen LogP contribution is -2.24. The largest absolute Gasteiger partial charge is 0.399 e. The van der Waals surface area contributed by atoms with Gasteiger partial charge < -0.3 is 15.7 Å². The zero-order valence-electron chi connectivity index (χ0n) is 15.5. The molecule has 26 heavy (non-hydrogen) atoms. The van der Waals surface area contributed by atoms with E-state index in [0.717, 1.165) is 36.3 Å². The van der Waals surface area contributed by atoms with Crippen molar-refractivity contribution in [1.29, 1.82) is 0 Å². The number of anilines is 2. The average Bonchev–Trinajstić information content (AvgIpc) is 2.58. The highest BCUT2D eigenvalue weighted by Crippen LogP contribution is 2.20. The zero-order chi connectivity index (χ0) is 19.7. The molecule has 0 aliphatic carbocycles. The van der Waals surface area contributed by atoms with Crippen LogP contribution in [0.5, 0.6) is 0 Å². The van der Waals surface area contributed by atoms with Crippen molar-refractivity contribution in [2.75, 3.05) is 30.3 Å². The second-order valence-corrected chi connectivity index (χ2v) is 7.41. The number of aryl methyl sites for hydroxylation is 2. The van der Waals surface area contributed by atoms with Crippen molar-refractivity contribution in [3.05, 3.63) is 53.6 Å². The van der Waals surface area contributed by atoms with Crippen LogP contribution in [0.2, 0.25) is 0 Å². The fraction of sp³-hybridized carbons (Fsp3) is 0.368. The summed E-state index contributed by atoms with van der Waals surface area (Å²) < 4.78 is 29.7. The van der Waals surface area contributed by atoms with E-state index in [0.29, 0.717) is 0 Å². The van der Waals surface area contributed by atoms with Gasteiger partial charge in [0.15, 0.2) is 0 Å². The number of aliphatic hydroxyl groups excluding tert-OH is 1. The number of aliphatic hydroxyl groups is 1. The molecule has 0 bridgehead atoms. The van der Waals surface area contributed by atoms with Gasteiger partial charge in [-0.05, 0) is 68.7 Å². The molecule has 0 heterocycles. The Kier molecular flexibility index (Phi) is 8.57. The number of nitrogens with zero attached hydrogens (tertiary/aromatic N) is 1. The monoisotopic (exact) mass is 380 g/mol. The summed E-state index contributed by atoms with van der Waals surface area (Å²) in [4.78, 5) is 2.18. The Morgan fingerprint density at radius 3 is 2.27 bits per heavy atom. The van der Waals surface area contributed by atoms with Gasteiger partial charge >= 0.3 is 0 Å². The molecular weight excluding hydrogens is 352 g/mol. The highest BCUT2D eigenvalue weighted by molar-refractivity contribution is 7.85. The molecule has 0 aromatic heterocycles. The Labute approximate surface area is 156 Å². The van der Waals surface area contributed by atoms with Crippen LogP contribution in [0.4, 0.5) is 11.4 Å². The smallest absolute Gasteiger partial charge is 0.294 e. The minimum Gasteiger partial charge on any atom is -0.399 e. The van der Waals surface area contributed by atoms with Crippen LogP contribution in [0.15, 0.2) is 47.4 Å². The summed E-state index contributed by atoms with van der Waals surface area (Å²) in [6.07, 6.45) is 0.803. The molecule has 0 aliphatic rings. The molecule has 2 aromatic carbocycles. The van der Waals surface area contributed by atoms with Gasteiger partial charge in [0.1, 0.15) is 0 Å². The lowest BCUT2D eigenvalue weighted by Gasteiger charge is -2.23. The minimum absolute atomic E-state index is 0.0579. The SMILES string of the molecule is CCN(CCCO)c1ccc(N)c(C)c1.Cc1cccc(S(=O)(=O)O)c1. The first kappa shape index (κ1) is 22.0. The molecule has 0 spiro atoms. The third-order valence-electron chi connectivity index (χ3n) is 3.87. The third-order valence-corrected chi connectivity index (χ3v) is 4.72. The molecule has 0 saturated heterocycles. The predicted octanol–water partition coefficient (Wildman–Crippen LogP) is 3.03. The lowest BCUT2D eigenvalue weighted by molar-refractivity contribution is 0.289. The molecule has 0 unspecified atom stereocenters. The quantitative estimate of drug-likeness (QED) is 0.526. The molecule has 4 N–H and O–H groups in total. The molecule has 7 heteroatoms. The van der Waals surface area contributed by atoms with E-state index >= 15 is 0 Å². The lowest BCUT2D eigenvalue weighted by atomic mass is 10.1. The van der Waals surface area contributed by atoms with Crippen molar-refractivity contribution < 1.29 is 18.1 Å². The van der Waals surface area contributed by atoms with Gasteiger partial charge in [0.25, 0.3) is 10.1 Å². The van der Waals surface area contributed by atoms with Crippen molar-refractivity contribution in [3.63, 3.8) is 0 Å². The second-order valence-electron chi connectivity index (χ2n) is 5.99. The van der Waals surface area contributed by atoms with Crippen LogP contribution in [0.3, 0.4) is 0 Å². The van der Waals surface area contributed by atoms with Gasteiger partial charge in [0.05, 0.1) is 4.90 Å². The van der Waals surface area contributed by atoms with Gasteiger partial charge in [-0.1, -0.05) is 12.1 Å². The van der Waals surface area contributed by atoms with Crippen molar-refractivity contribution in [1.82, 2.24) is 0 Å². The summed E-state index contributed by atoms with van der Waals surface area (Å²) in [6.45, 7) is 7.96. The number of hydrogen-bond donors (Lipinski definition) is 3. The van der Waals surface area contributed by atoms with Crippen LogP contribution in [-0.4, -0.2) is 37.8 Å². The summed E-state index contributed by atoms with van der Waals surface area (Å²) in [7, 11) is -4.03. The molecule has 2 aromatic rings. The van der Waals surface area contributed by atoms with Crippen LogP contribution < -0.4 is 10.6 Å². The first-order valence-corrected chi connectivity index (χ1v) is 9.89. The Morgan fingerprint density at radius 1 is 1.12 bits per heavy atom. The van der Waals surface area contributed by atoms with Crippen molar-refractivity contribution >= 4 is 21.5 Å². The fourth-order valence-corrected chi connectivity index (χ4v) is 2.95. The zero-order valence-corrected chi connectivity index (χ0v) is 16.3. The molecular formula is C19H28N2O4S. The van der Waals surface area contributed by atoms with Crippen LogP contribution in [0, 0.1) is 13.8 Å². The van der Waals surface area contributed by atoms with E-state index in [1.165, 1.54) is 17.8 Å². The molecule has 0 amide bonds. The van der Waals surface area contributed by atoms with Crippen molar-refractivity contribution in [2.24, 2.45) is 0 Å². The Bertz CT molecular complexity index is 807. The van der Waals surface area contributed by atoms with Crippen LogP contribution in [0.25, 0.3) is 0 Å². The molecule has 0 aliphatic heterocycles. The van der Waals surface area contributed by atoms with Gasteiger partial charge in [-0.15, -0.1) is 0 Å². The van der Waals surface area contributed by atoms with Crippen molar-refractivity contribution in [2.45, 2.75) is 32.1 Å². The molecule has 0 fully saturated rings. The van der Waals surface area contributed by atoms with Gasteiger partial charge in [-0.25, -0.2) is 0 Å². The number of nitrogen functional groups attached to an aromatic ring is 1. The number of benzene rings is 2. The maximum absolute atomic E-state index is 10.5. The highest BCUT2D eigenvalue weighted by Gasteiger charge is 2.07. The molecule has 0 saturated carbocycles. The minimum atomic E-state index is -4.03. The third kappa shape index (κ3) is 7.03. The first-order chi connectivity index (χ1) is 12.2. The normalized spacial score (nSPS) is 10.8. The van der Waals surface area contributed by atoms with Crippen molar-refractivity contribution in [3.8, 4) is 0 Å². The van der Waals surface area contributed by atoms with E-state index in [4.69, 9.17) is 15.4 Å². The summed E-state index contributed by atoms with van der Waals surface area (Å²) in [6, 6.07) is 12.2. The molecule has 2 rings (SSSR count). The first-order valence-electron chi connectivity index (χ1n) is 8.45. The molecule has 0 radical (unpaired) electrons. The number of nitrogens with two attached hydrogens (primary N) is 1.